The largest absolute Gasteiger partial charge is 0.493 e. The molecule has 2 aromatic rings. The van der Waals surface area contributed by atoms with E-state index < -0.39 is 23.0 Å². The van der Waals surface area contributed by atoms with Gasteiger partial charge >= 0.3 is 5.97 Å². The summed E-state index contributed by atoms with van der Waals surface area (Å²) in [7, 11) is 0. The van der Waals surface area contributed by atoms with Crippen LogP contribution < -0.4 is 5.56 Å². The normalized spacial score (nSPS) is 10.2. The summed E-state index contributed by atoms with van der Waals surface area (Å²) in [5, 5.41) is 20.5. The van der Waals surface area contributed by atoms with Gasteiger partial charge in [-0.2, -0.15) is 0 Å². The average Bonchev–Trinajstić information content (AvgIpc) is 2.55. The van der Waals surface area contributed by atoms with Crippen LogP contribution >= 0.6 is 0 Å². The van der Waals surface area contributed by atoms with E-state index in [4.69, 9.17) is 5.11 Å². The number of aromatic carboxylic acids is 1. The molecule has 0 saturated carbocycles. The van der Waals surface area contributed by atoms with Crippen LogP contribution in [0.15, 0.2) is 35.1 Å². The summed E-state index contributed by atoms with van der Waals surface area (Å²) in [5.41, 5.74) is -1.03. The van der Waals surface area contributed by atoms with E-state index in [0.717, 1.165) is 4.68 Å². The van der Waals surface area contributed by atoms with E-state index in [1.807, 2.05) is 0 Å². The number of H-pyrrole nitrogens is 1. The van der Waals surface area contributed by atoms with Gasteiger partial charge in [-0.3, -0.25) is 9.89 Å². The highest BCUT2D eigenvalue weighted by molar-refractivity contribution is 5.89. The molecule has 16 heavy (non-hydrogen) atoms. The summed E-state index contributed by atoms with van der Waals surface area (Å²) in [6.45, 7) is 0. The fourth-order valence-corrected chi connectivity index (χ4v) is 1.38. The Kier molecular flexibility index (Phi) is 2.24. The first-order valence-corrected chi connectivity index (χ1v) is 4.44. The van der Waals surface area contributed by atoms with E-state index >= 15 is 0 Å². The first-order chi connectivity index (χ1) is 7.61. The standard InChI is InChI=1S/C10H8N2O4/c13-8-7(10(15)16)9(14)12(11-8)6-4-2-1-3-5-6/h1-5,14H,(H,11,13)(H,15,16). The van der Waals surface area contributed by atoms with Gasteiger partial charge < -0.3 is 10.2 Å². The number of nitrogens with zero attached hydrogens (tertiary/aromatic N) is 1. The molecule has 1 heterocycles. The molecule has 0 bridgehead atoms. The Balaban J connectivity index is 2.65. The molecule has 0 fully saturated rings. The number of carboxylic acids is 1. The minimum Gasteiger partial charge on any atom is -0.493 e. The minimum absolute atomic E-state index is 0.476. The predicted octanol–water partition coefficient (Wildman–Crippen LogP) is 0.569. The van der Waals surface area contributed by atoms with Crippen LogP contribution in [0.25, 0.3) is 5.69 Å². The van der Waals surface area contributed by atoms with Crippen LogP contribution in [-0.2, 0) is 0 Å². The van der Waals surface area contributed by atoms with Crippen LogP contribution in [0.4, 0.5) is 0 Å². The molecule has 0 radical (unpaired) electrons. The van der Waals surface area contributed by atoms with Crippen molar-refractivity contribution < 1.29 is 15.0 Å². The van der Waals surface area contributed by atoms with Gasteiger partial charge in [0.15, 0.2) is 5.56 Å². The quantitative estimate of drug-likeness (QED) is 0.689. The number of carbonyl (C=O) groups is 1. The third-order valence-corrected chi connectivity index (χ3v) is 2.10. The third kappa shape index (κ3) is 1.46. The van der Waals surface area contributed by atoms with Gasteiger partial charge in [-0.25, -0.2) is 9.48 Å². The molecule has 1 aromatic heterocycles. The molecule has 0 aliphatic heterocycles. The highest BCUT2D eigenvalue weighted by atomic mass is 16.4. The fraction of sp³-hybridized carbons (Fsp3) is 0. The molecular weight excluding hydrogens is 212 g/mol. The number of aromatic amines is 1. The second kappa shape index (κ2) is 3.58. The number of nitrogens with one attached hydrogen (secondary N) is 1. The monoisotopic (exact) mass is 220 g/mol. The molecule has 1 aromatic carbocycles. The maximum absolute atomic E-state index is 11.3. The number of hydrogen-bond acceptors (Lipinski definition) is 3. The van der Waals surface area contributed by atoms with E-state index in [-0.39, 0.29) is 0 Å². The summed E-state index contributed by atoms with van der Waals surface area (Å²) in [6.07, 6.45) is 0. The van der Waals surface area contributed by atoms with E-state index in [1.165, 1.54) is 0 Å². The second-order valence-corrected chi connectivity index (χ2v) is 3.12. The highest BCUT2D eigenvalue weighted by Crippen LogP contribution is 2.17. The van der Waals surface area contributed by atoms with Crippen molar-refractivity contribution >= 4 is 5.97 Å². The number of carboxylic acid groups (broad SMARTS) is 1. The van der Waals surface area contributed by atoms with Crippen LogP contribution in [0, 0.1) is 0 Å². The molecule has 0 amide bonds. The van der Waals surface area contributed by atoms with Gasteiger partial charge in [0, 0.05) is 0 Å². The van der Waals surface area contributed by atoms with Crippen molar-refractivity contribution in [2.24, 2.45) is 0 Å². The SMILES string of the molecule is O=C(O)c1c(O)n(-c2ccccc2)[nH]c1=O. The number of rotatable bonds is 2. The van der Waals surface area contributed by atoms with Gasteiger partial charge in [0.25, 0.3) is 5.56 Å². The summed E-state index contributed by atoms with van der Waals surface area (Å²) in [5.74, 6) is -2.07. The molecule has 0 aliphatic carbocycles. The summed E-state index contributed by atoms with van der Waals surface area (Å²) < 4.78 is 1.02. The first-order valence-electron chi connectivity index (χ1n) is 4.44. The molecule has 6 nitrogen and oxygen atoms in total. The Morgan fingerprint density at radius 1 is 1.25 bits per heavy atom. The lowest BCUT2D eigenvalue weighted by atomic mass is 10.3. The summed E-state index contributed by atoms with van der Waals surface area (Å²) in [6, 6.07) is 8.42. The Hall–Kier alpha value is -2.50. The second-order valence-electron chi connectivity index (χ2n) is 3.12. The molecule has 3 N–H and O–H groups in total. The topological polar surface area (TPSA) is 95.3 Å². The van der Waals surface area contributed by atoms with Gasteiger partial charge in [0.1, 0.15) is 0 Å². The van der Waals surface area contributed by atoms with Crippen molar-refractivity contribution in [3.05, 3.63) is 46.2 Å². The van der Waals surface area contributed by atoms with E-state index in [0.29, 0.717) is 5.69 Å². The Labute approximate surface area is 89.4 Å². The van der Waals surface area contributed by atoms with Gasteiger partial charge in [0.2, 0.25) is 5.88 Å². The lowest BCUT2D eigenvalue weighted by Gasteiger charge is -2.02. The van der Waals surface area contributed by atoms with Crippen molar-refractivity contribution in [2.75, 3.05) is 0 Å². The lowest BCUT2D eigenvalue weighted by molar-refractivity contribution is 0.0692. The van der Waals surface area contributed by atoms with Crippen LogP contribution in [0.2, 0.25) is 0 Å². The molecule has 0 saturated heterocycles. The van der Waals surface area contributed by atoms with E-state index in [9.17, 15) is 14.7 Å². The Morgan fingerprint density at radius 3 is 2.38 bits per heavy atom. The third-order valence-electron chi connectivity index (χ3n) is 2.10. The predicted molar refractivity (Wildman–Crippen MR) is 55.0 cm³/mol. The van der Waals surface area contributed by atoms with E-state index in [2.05, 4.69) is 5.10 Å². The van der Waals surface area contributed by atoms with Crippen molar-refractivity contribution in [3.63, 3.8) is 0 Å². The molecule has 0 spiro atoms. The number of hydrogen-bond donors (Lipinski definition) is 3. The molecule has 6 heteroatoms. The van der Waals surface area contributed by atoms with Gasteiger partial charge in [0.05, 0.1) is 5.69 Å². The maximum atomic E-state index is 11.3. The number of aromatic nitrogens is 2. The lowest BCUT2D eigenvalue weighted by Crippen LogP contribution is -2.11. The average molecular weight is 220 g/mol. The molecule has 2 rings (SSSR count). The van der Waals surface area contributed by atoms with Crippen LogP contribution in [0.5, 0.6) is 5.88 Å². The molecule has 0 atom stereocenters. The van der Waals surface area contributed by atoms with Gasteiger partial charge in [-0.15, -0.1) is 0 Å². The van der Waals surface area contributed by atoms with Crippen molar-refractivity contribution in [3.8, 4) is 11.6 Å². The zero-order chi connectivity index (χ0) is 11.7. The zero-order valence-electron chi connectivity index (χ0n) is 8.04. The molecule has 82 valence electrons. The zero-order valence-corrected chi connectivity index (χ0v) is 8.04. The fourth-order valence-electron chi connectivity index (χ4n) is 1.38. The van der Waals surface area contributed by atoms with E-state index in [1.54, 1.807) is 30.3 Å². The van der Waals surface area contributed by atoms with Crippen LogP contribution in [0.1, 0.15) is 10.4 Å². The number of para-hydroxylation sites is 1. The van der Waals surface area contributed by atoms with Crippen molar-refractivity contribution in [1.82, 2.24) is 9.78 Å². The van der Waals surface area contributed by atoms with Crippen molar-refractivity contribution in [1.29, 1.82) is 0 Å². The van der Waals surface area contributed by atoms with Gasteiger partial charge in [-0.1, -0.05) is 18.2 Å². The summed E-state index contributed by atoms with van der Waals surface area (Å²) >= 11 is 0. The Morgan fingerprint density at radius 2 is 1.88 bits per heavy atom. The van der Waals surface area contributed by atoms with Crippen LogP contribution in [0.3, 0.4) is 0 Å². The molecular formula is C10H8N2O4. The number of aromatic hydroxyl groups is 1. The summed E-state index contributed by atoms with van der Waals surface area (Å²) in [4.78, 5) is 22.0. The first kappa shape index (κ1) is 10.0. The van der Waals surface area contributed by atoms with Crippen molar-refractivity contribution in [2.45, 2.75) is 0 Å². The maximum Gasteiger partial charge on any atom is 0.347 e. The minimum atomic E-state index is -1.46. The highest BCUT2D eigenvalue weighted by Gasteiger charge is 2.20. The van der Waals surface area contributed by atoms with Crippen LogP contribution in [-0.4, -0.2) is 26.0 Å². The molecule has 0 unspecified atom stereocenters. The smallest absolute Gasteiger partial charge is 0.347 e. The molecule has 0 aliphatic rings. The van der Waals surface area contributed by atoms with Gasteiger partial charge in [-0.05, 0) is 12.1 Å². The Bertz CT molecular complexity index is 583. The number of benzene rings is 1.